The van der Waals surface area contributed by atoms with Crippen molar-refractivity contribution in [3.8, 4) is 11.4 Å². The first-order valence-corrected chi connectivity index (χ1v) is 6.93. The van der Waals surface area contributed by atoms with Crippen LogP contribution in [0.4, 0.5) is 5.82 Å². The number of pyridine rings is 1. The van der Waals surface area contributed by atoms with E-state index in [-0.39, 0.29) is 12.4 Å². The second-order valence-electron chi connectivity index (χ2n) is 4.88. The summed E-state index contributed by atoms with van der Waals surface area (Å²) in [5.41, 5.74) is 7.65. The van der Waals surface area contributed by atoms with Crippen molar-refractivity contribution in [1.29, 1.82) is 0 Å². The Kier molecular flexibility index (Phi) is 5.16. The van der Waals surface area contributed by atoms with Gasteiger partial charge in [0.1, 0.15) is 11.6 Å². The van der Waals surface area contributed by atoms with Gasteiger partial charge in [0.05, 0.1) is 12.2 Å². The molecule has 0 saturated carbocycles. The summed E-state index contributed by atoms with van der Waals surface area (Å²) in [6.07, 6.45) is 7.33. The molecule has 0 aliphatic rings. The highest BCUT2D eigenvalue weighted by Gasteiger charge is 2.10. The summed E-state index contributed by atoms with van der Waals surface area (Å²) in [5.74, 6) is 2.13. The average Bonchev–Trinajstić information content (AvgIpc) is 3.09. The van der Waals surface area contributed by atoms with E-state index in [9.17, 15) is 0 Å². The van der Waals surface area contributed by atoms with Gasteiger partial charge in [0.15, 0.2) is 5.76 Å². The standard InChI is InChI=1S/C15H17N5O.ClH/c1-2-3-12-9-13(21-19-12)10-20-7-6-18-15(20)11-4-5-17-14(16)8-11;/h4-9H,2-3,10H2,1H3,(H2,16,17);1H. The molecule has 0 radical (unpaired) electrons. The summed E-state index contributed by atoms with van der Waals surface area (Å²) in [6.45, 7) is 2.71. The first-order chi connectivity index (χ1) is 10.3. The Labute approximate surface area is 134 Å². The van der Waals surface area contributed by atoms with Gasteiger partial charge in [-0.25, -0.2) is 9.97 Å². The van der Waals surface area contributed by atoms with E-state index in [0.717, 1.165) is 35.7 Å². The Morgan fingerprint density at radius 2 is 2.09 bits per heavy atom. The molecule has 0 saturated heterocycles. The van der Waals surface area contributed by atoms with E-state index in [1.165, 1.54) is 0 Å². The second kappa shape index (κ2) is 7.09. The largest absolute Gasteiger partial charge is 0.384 e. The summed E-state index contributed by atoms with van der Waals surface area (Å²) >= 11 is 0. The number of nitrogens with two attached hydrogens (primary N) is 1. The molecule has 3 rings (SSSR count). The van der Waals surface area contributed by atoms with Crippen molar-refractivity contribution in [3.05, 3.63) is 48.2 Å². The lowest BCUT2D eigenvalue weighted by atomic mass is 10.2. The molecule has 0 aliphatic carbocycles. The second-order valence-corrected chi connectivity index (χ2v) is 4.88. The Balaban J connectivity index is 0.00000176. The smallest absolute Gasteiger partial charge is 0.156 e. The fraction of sp³-hybridized carbons (Fsp3) is 0.267. The molecule has 3 aromatic rings. The number of nitrogens with zero attached hydrogens (tertiary/aromatic N) is 4. The van der Waals surface area contributed by atoms with E-state index in [0.29, 0.717) is 12.4 Å². The van der Waals surface area contributed by atoms with Crippen molar-refractivity contribution in [2.45, 2.75) is 26.3 Å². The van der Waals surface area contributed by atoms with Gasteiger partial charge in [0.2, 0.25) is 0 Å². The van der Waals surface area contributed by atoms with Crippen LogP contribution < -0.4 is 5.73 Å². The van der Waals surface area contributed by atoms with Gasteiger partial charge >= 0.3 is 0 Å². The topological polar surface area (TPSA) is 82.8 Å². The fourth-order valence-electron chi connectivity index (χ4n) is 2.26. The van der Waals surface area contributed by atoms with Crippen molar-refractivity contribution in [3.63, 3.8) is 0 Å². The quantitative estimate of drug-likeness (QED) is 0.781. The maximum Gasteiger partial charge on any atom is 0.156 e. The van der Waals surface area contributed by atoms with Crippen LogP contribution in [0.15, 0.2) is 41.3 Å². The maximum absolute atomic E-state index is 5.73. The number of hydrogen-bond donors (Lipinski definition) is 1. The number of aromatic nitrogens is 4. The molecule has 0 atom stereocenters. The molecule has 0 bridgehead atoms. The average molecular weight is 320 g/mol. The summed E-state index contributed by atoms with van der Waals surface area (Å²) in [6, 6.07) is 5.69. The third-order valence-corrected chi connectivity index (χ3v) is 3.19. The van der Waals surface area contributed by atoms with Gasteiger partial charge < -0.3 is 14.8 Å². The van der Waals surface area contributed by atoms with E-state index in [1.54, 1.807) is 12.4 Å². The molecule has 0 aromatic carbocycles. The van der Waals surface area contributed by atoms with Crippen molar-refractivity contribution >= 4 is 18.2 Å². The maximum atomic E-state index is 5.73. The van der Waals surface area contributed by atoms with Crippen LogP contribution in [0.1, 0.15) is 24.8 Å². The first-order valence-electron chi connectivity index (χ1n) is 6.93. The van der Waals surface area contributed by atoms with E-state index < -0.39 is 0 Å². The molecule has 3 heterocycles. The predicted octanol–water partition coefficient (Wildman–Crippen LogP) is 2.94. The third kappa shape index (κ3) is 3.46. The van der Waals surface area contributed by atoms with Gasteiger partial charge in [-0.1, -0.05) is 18.5 Å². The zero-order valence-corrected chi connectivity index (χ0v) is 13.1. The molecular formula is C15H18ClN5O. The Morgan fingerprint density at radius 1 is 1.23 bits per heavy atom. The lowest BCUT2D eigenvalue weighted by Crippen LogP contribution is -2.01. The zero-order chi connectivity index (χ0) is 14.7. The summed E-state index contributed by atoms with van der Waals surface area (Å²) in [7, 11) is 0. The number of aryl methyl sites for hydroxylation is 1. The highest BCUT2D eigenvalue weighted by Crippen LogP contribution is 2.20. The Morgan fingerprint density at radius 3 is 2.86 bits per heavy atom. The summed E-state index contributed by atoms with van der Waals surface area (Å²) in [4.78, 5) is 8.38. The number of anilines is 1. The minimum atomic E-state index is 0. The normalized spacial score (nSPS) is 10.4. The minimum Gasteiger partial charge on any atom is -0.384 e. The van der Waals surface area contributed by atoms with Crippen molar-refractivity contribution in [1.82, 2.24) is 19.7 Å². The number of rotatable bonds is 5. The lowest BCUT2D eigenvalue weighted by Gasteiger charge is -2.05. The van der Waals surface area contributed by atoms with Crippen LogP contribution in [0.2, 0.25) is 0 Å². The molecule has 0 amide bonds. The van der Waals surface area contributed by atoms with Crippen LogP contribution >= 0.6 is 12.4 Å². The molecule has 116 valence electrons. The SMILES string of the molecule is CCCc1cc(Cn2ccnc2-c2ccnc(N)c2)on1.Cl. The summed E-state index contributed by atoms with van der Waals surface area (Å²) in [5, 5.41) is 4.06. The highest BCUT2D eigenvalue weighted by molar-refractivity contribution is 5.85. The van der Waals surface area contributed by atoms with Crippen LogP contribution in [0.5, 0.6) is 0 Å². The van der Waals surface area contributed by atoms with Gasteiger partial charge in [-0.15, -0.1) is 12.4 Å². The molecule has 0 spiro atoms. The van der Waals surface area contributed by atoms with Gasteiger partial charge in [0.25, 0.3) is 0 Å². The molecule has 0 unspecified atom stereocenters. The molecule has 0 fully saturated rings. The van der Waals surface area contributed by atoms with Gasteiger partial charge in [-0.3, -0.25) is 0 Å². The minimum absolute atomic E-state index is 0. The number of imidazole rings is 1. The van der Waals surface area contributed by atoms with Crippen LogP contribution in [0.3, 0.4) is 0 Å². The van der Waals surface area contributed by atoms with Crippen LogP contribution in [0.25, 0.3) is 11.4 Å². The molecule has 22 heavy (non-hydrogen) atoms. The fourth-order valence-corrected chi connectivity index (χ4v) is 2.26. The lowest BCUT2D eigenvalue weighted by molar-refractivity contribution is 0.371. The van der Waals surface area contributed by atoms with E-state index >= 15 is 0 Å². The van der Waals surface area contributed by atoms with Crippen molar-refractivity contribution < 1.29 is 4.52 Å². The monoisotopic (exact) mass is 319 g/mol. The van der Waals surface area contributed by atoms with E-state index in [1.807, 2.05) is 29.0 Å². The van der Waals surface area contributed by atoms with Crippen LogP contribution in [-0.4, -0.2) is 19.7 Å². The highest BCUT2D eigenvalue weighted by atomic mass is 35.5. The first kappa shape index (κ1) is 16.0. The third-order valence-electron chi connectivity index (χ3n) is 3.19. The Hall–Kier alpha value is -2.34. The molecular weight excluding hydrogens is 302 g/mol. The van der Waals surface area contributed by atoms with Crippen LogP contribution in [-0.2, 0) is 13.0 Å². The number of hydrogen-bond acceptors (Lipinski definition) is 5. The van der Waals surface area contributed by atoms with Gasteiger partial charge in [0, 0.05) is 30.2 Å². The molecule has 2 N–H and O–H groups in total. The van der Waals surface area contributed by atoms with Crippen molar-refractivity contribution in [2.24, 2.45) is 0 Å². The predicted molar refractivity (Wildman–Crippen MR) is 86.7 cm³/mol. The van der Waals surface area contributed by atoms with E-state index in [4.69, 9.17) is 10.3 Å². The molecule has 6 nitrogen and oxygen atoms in total. The zero-order valence-electron chi connectivity index (χ0n) is 12.3. The molecule has 0 aliphatic heterocycles. The number of nitrogen functional groups attached to an aromatic ring is 1. The Bertz CT molecular complexity index is 737. The van der Waals surface area contributed by atoms with Crippen LogP contribution in [0, 0.1) is 0 Å². The van der Waals surface area contributed by atoms with Gasteiger partial charge in [-0.05, 0) is 18.6 Å². The van der Waals surface area contributed by atoms with E-state index in [2.05, 4.69) is 22.0 Å². The number of halogens is 1. The molecule has 3 aromatic heterocycles. The van der Waals surface area contributed by atoms with Gasteiger partial charge in [-0.2, -0.15) is 0 Å². The summed E-state index contributed by atoms with van der Waals surface area (Å²) < 4.78 is 7.37. The van der Waals surface area contributed by atoms with Crippen molar-refractivity contribution in [2.75, 3.05) is 5.73 Å². The molecule has 7 heteroatoms.